The van der Waals surface area contributed by atoms with Crippen molar-refractivity contribution in [1.29, 1.82) is 0 Å². The van der Waals surface area contributed by atoms with Crippen molar-refractivity contribution in [2.45, 2.75) is 45.1 Å². The summed E-state index contributed by atoms with van der Waals surface area (Å²) < 4.78 is 0. The molecule has 1 nitrogen and oxygen atoms in total. The van der Waals surface area contributed by atoms with Crippen molar-refractivity contribution in [2.75, 3.05) is 0 Å². The fourth-order valence-electron chi connectivity index (χ4n) is 1.61. The van der Waals surface area contributed by atoms with Crippen LogP contribution >= 0.6 is 0 Å². The molecule has 1 saturated carbocycles. The van der Waals surface area contributed by atoms with E-state index < -0.39 is 0 Å². The summed E-state index contributed by atoms with van der Waals surface area (Å²) in [6.07, 6.45) is 8.46. The maximum atomic E-state index is 5.81. The van der Waals surface area contributed by atoms with E-state index in [4.69, 9.17) is 5.73 Å². The Hall–Kier alpha value is -0.300. The molecule has 0 aromatic rings. The molecule has 0 saturated heterocycles. The zero-order valence-corrected chi connectivity index (χ0v) is 6.77. The van der Waals surface area contributed by atoms with Crippen LogP contribution in [0.5, 0.6) is 0 Å². The van der Waals surface area contributed by atoms with Gasteiger partial charge in [0, 0.05) is 6.04 Å². The fourth-order valence-corrected chi connectivity index (χ4v) is 1.61. The summed E-state index contributed by atoms with van der Waals surface area (Å²) in [7, 11) is 0. The summed E-state index contributed by atoms with van der Waals surface area (Å²) in [6.45, 7) is 2.19. The maximum Gasteiger partial charge on any atom is 0.00761 e. The average molecular weight is 139 g/mol. The summed E-state index contributed by atoms with van der Waals surface area (Å²) >= 11 is 0. The number of hydrogen-bond donors (Lipinski definition) is 1. The standard InChI is InChI=1S/C9H17N/c1-2-4-8-5-3-6-9(10)7-8/h4,9H,2-3,5-7,10H2,1H3/b8-4-/t9-/m0/s1. The van der Waals surface area contributed by atoms with Crippen LogP contribution < -0.4 is 5.73 Å². The van der Waals surface area contributed by atoms with E-state index in [9.17, 15) is 0 Å². The Balaban J connectivity index is 2.39. The quantitative estimate of drug-likeness (QED) is 0.554. The first-order chi connectivity index (χ1) is 4.83. The SMILES string of the molecule is CC/C=C1/CCC[C@H](N)C1. The van der Waals surface area contributed by atoms with Gasteiger partial charge in [-0.15, -0.1) is 0 Å². The maximum absolute atomic E-state index is 5.81. The Labute approximate surface area is 63.3 Å². The van der Waals surface area contributed by atoms with Crippen LogP contribution in [0.3, 0.4) is 0 Å². The van der Waals surface area contributed by atoms with Crippen LogP contribution in [-0.2, 0) is 0 Å². The van der Waals surface area contributed by atoms with Crippen LogP contribution in [0.25, 0.3) is 0 Å². The van der Waals surface area contributed by atoms with Gasteiger partial charge in [0.25, 0.3) is 0 Å². The largest absolute Gasteiger partial charge is 0.327 e. The van der Waals surface area contributed by atoms with Gasteiger partial charge in [-0.05, 0) is 32.1 Å². The molecule has 1 aliphatic carbocycles. The molecule has 0 amide bonds. The van der Waals surface area contributed by atoms with Gasteiger partial charge in [0.2, 0.25) is 0 Å². The molecule has 0 aromatic carbocycles. The fraction of sp³-hybridized carbons (Fsp3) is 0.778. The topological polar surface area (TPSA) is 26.0 Å². The highest BCUT2D eigenvalue weighted by molar-refractivity contribution is 5.06. The lowest BCUT2D eigenvalue weighted by molar-refractivity contribution is 0.516. The minimum Gasteiger partial charge on any atom is -0.327 e. The lowest BCUT2D eigenvalue weighted by atomic mass is 9.91. The Bertz CT molecular complexity index is 127. The van der Waals surface area contributed by atoms with Crippen LogP contribution in [0, 0.1) is 0 Å². The number of nitrogens with two attached hydrogens (primary N) is 1. The molecule has 0 aliphatic heterocycles. The number of allylic oxidation sites excluding steroid dienone is 1. The first-order valence-corrected chi connectivity index (χ1v) is 4.26. The minimum atomic E-state index is 0.451. The molecular weight excluding hydrogens is 122 g/mol. The summed E-state index contributed by atoms with van der Waals surface area (Å²) in [5.74, 6) is 0. The van der Waals surface area contributed by atoms with Crippen molar-refractivity contribution < 1.29 is 0 Å². The second kappa shape index (κ2) is 3.77. The smallest absolute Gasteiger partial charge is 0.00761 e. The summed E-state index contributed by atoms with van der Waals surface area (Å²) in [6, 6.07) is 0.451. The molecule has 0 spiro atoms. The molecular formula is C9H17N. The second-order valence-electron chi connectivity index (χ2n) is 3.13. The van der Waals surface area contributed by atoms with Gasteiger partial charge in [-0.2, -0.15) is 0 Å². The molecule has 1 rings (SSSR count). The molecule has 1 heteroatoms. The van der Waals surface area contributed by atoms with E-state index in [2.05, 4.69) is 13.0 Å². The minimum absolute atomic E-state index is 0.451. The summed E-state index contributed by atoms with van der Waals surface area (Å²) in [5.41, 5.74) is 7.40. The Morgan fingerprint density at radius 3 is 3.10 bits per heavy atom. The van der Waals surface area contributed by atoms with Crippen LogP contribution in [0.1, 0.15) is 39.0 Å². The van der Waals surface area contributed by atoms with Gasteiger partial charge in [0.05, 0.1) is 0 Å². The number of rotatable bonds is 1. The summed E-state index contributed by atoms with van der Waals surface area (Å²) in [5, 5.41) is 0. The third kappa shape index (κ3) is 2.14. The molecule has 0 unspecified atom stereocenters. The van der Waals surface area contributed by atoms with Crippen molar-refractivity contribution in [3.05, 3.63) is 11.6 Å². The molecule has 1 atom stereocenters. The van der Waals surface area contributed by atoms with E-state index in [1.54, 1.807) is 5.57 Å². The van der Waals surface area contributed by atoms with E-state index in [1.165, 1.54) is 25.7 Å². The normalized spacial score (nSPS) is 31.0. The first-order valence-electron chi connectivity index (χ1n) is 4.26. The average Bonchev–Trinajstić information content (AvgIpc) is 1.88. The molecule has 0 radical (unpaired) electrons. The van der Waals surface area contributed by atoms with Crippen molar-refractivity contribution in [1.82, 2.24) is 0 Å². The Morgan fingerprint density at radius 2 is 2.50 bits per heavy atom. The monoisotopic (exact) mass is 139 g/mol. The first kappa shape index (κ1) is 7.80. The zero-order valence-electron chi connectivity index (χ0n) is 6.77. The third-order valence-corrected chi connectivity index (χ3v) is 2.09. The van der Waals surface area contributed by atoms with Gasteiger partial charge >= 0.3 is 0 Å². The van der Waals surface area contributed by atoms with Gasteiger partial charge in [-0.1, -0.05) is 18.6 Å². The van der Waals surface area contributed by atoms with Gasteiger partial charge < -0.3 is 5.73 Å². The van der Waals surface area contributed by atoms with Crippen molar-refractivity contribution in [2.24, 2.45) is 5.73 Å². The highest BCUT2D eigenvalue weighted by Gasteiger charge is 2.11. The van der Waals surface area contributed by atoms with Gasteiger partial charge in [-0.25, -0.2) is 0 Å². The van der Waals surface area contributed by atoms with Crippen LogP contribution in [0.4, 0.5) is 0 Å². The third-order valence-electron chi connectivity index (χ3n) is 2.09. The zero-order chi connectivity index (χ0) is 7.40. The van der Waals surface area contributed by atoms with E-state index >= 15 is 0 Å². The molecule has 0 aromatic heterocycles. The van der Waals surface area contributed by atoms with Gasteiger partial charge in [0.15, 0.2) is 0 Å². The molecule has 10 heavy (non-hydrogen) atoms. The number of hydrogen-bond acceptors (Lipinski definition) is 1. The van der Waals surface area contributed by atoms with Crippen LogP contribution in [-0.4, -0.2) is 6.04 Å². The molecule has 0 bridgehead atoms. The van der Waals surface area contributed by atoms with Crippen molar-refractivity contribution >= 4 is 0 Å². The Kier molecular flexibility index (Phi) is 2.94. The molecule has 1 fully saturated rings. The summed E-state index contributed by atoms with van der Waals surface area (Å²) in [4.78, 5) is 0. The van der Waals surface area contributed by atoms with E-state index in [1.807, 2.05) is 0 Å². The van der Waals surface area contributed by atoms with Crippen LogP contribution in [0.2, 0.25) is 0 Å². The predicted octanol–water partition coefficient (Wildman–Crippen LogP) is 2.22. The van der Waals surface area contributed by atoms with Gasteiger partial charge in [-0.3, -0.25) is 0 Å². The highest BCUT2D eigenvalue weighted by atomic mass is 14.6. The molecule has 0 heterocycles. The Morgan fingerprint density at radius 1 is 1.70 bits per heavy atom. The highest BCUT2D eigenvalue weighted by Crippen LogP contribution is 2.22. The van der Waals surface area contributed by atoms with E-state index in [-0.39, 0.29) is 0 Å². The molecule has 58 valence electrons. The van der Waals surface area contributed by atoms with Crippen molar-refractivity contribution in [3.8, 4) is 0 Å². The second-order valence-corrected chi connectivity index (χ2v) is 3.13. The molecule has 1 aliphatic rings. The predicted molar refractivity (Wildman–Crippen MR) is 44.8 cm³/mol. The van der Waals surface area contributed by atoms with E-state index in [0.29, 0.717) is 6.04 Å². The lowest BCUT2D eigenvalue weighted by Crippen LogP contribution is -2.23. The van der Waals surface area contributed by atoms with Crippen LogP contribution in [0.15, 0.2) is 11.6 Å². The molecule has 2 N–H and O–H groups in total. The lowest BCUT2D eigenvalue weighted by Gasteiger charge is -2.20. The van der Waals surface area contributed by atoms with Crippen molar-refractivity contribution in [3.63, 3.8) is 0 Å². The van der Waals surface area contributed by atoms with E-state index in [0.717, 1.165) is 6.42 Å². The van der Waals surface area contributed by atoms with Gasteiger partial charge in [0.1, 0.15) is 0 Å².